The van der Waals surface area contributed by atoms with E-state index >= 15 is 0 Å². The molecular weight excluding hydrogens is 234 g/mol. The van der Waals surface area contributed by atoms with Crippen LogP contribution in [0.1, 0.15) is 20.3 Å². The monoisotopic (exact) mass is 251 g/mol. The Bertz CT molecular complexity index is 448. The van der Waals surface area contributed by atoms with Crippen molar-refractivity contribution in [2.24, 2.45) is 0 Å². The van der Waals surface area contributed by atoms with Gasteiger partial charge >= 0.3 is 6.03 Å². The van der Waals surface area contributed by atoms with E-state index in [1.165, 1.54) is 18.2 Å². The molecule has 18 heavy (non-hydrogen) atoms. The molecule has 0 aliphatic carbocycles. The first-order chi connectivity index (χ1) is 8.45. The van der Waals surface area contributed by atoms with E-state index in [4.69, 9.17) is 0 Å². The lowest BCUT2D eigenvalue weighted by atomic mass is 10.2. The minimum absolute atomic E-state index is 0.0426. The molecule has 0 aromatic heterocycles. The highest BCUT2D eigenvalue weighted by molar-refractivity contribution is 5.89. The number of benzene rings is 1. The van der Waals surface area contributed by atoms with Crippen LogP contribution in [0.2, 0.25) is 0 Å². The van der Waals surface area contributed by atoms with Gasteiger partial charge < -0.3 is 10.2 Å². The van der Waals surface area contributed by atoms with Crippen molar-refractivity contribution in [1.29, 1.82) is 0 Å². The fraction of sp³-hybridized carbons (Fsp3) is 0.417. The van der Waals surface area contributed by atoms with Crippen molar-refractivity contribution in [2.45, 2.75) is 26.3 Å². The van der Waals surface area contributed by atoms with E-state index in [-0.39, 0.29) is 17.8 Å². The van der Waals surface area contributed by atoms with Crippen molar-refractivity contribution in [3.63, 3.8) is 0 Å². The highest BCUT2D eigenvalue weighted by atomic mass is 16.6. The highest BCUT2D eigenvalue weighted by Gasteiger charge is 2.15. The zero-order valence-corrected chi connectivity index (χ0v) is 10.7. The van der Waals surface area contributed by atoms with Crippen LogP contribution >= 0.6 is 0 Å². The molecule has 0 aliphatic heterocycles. The first-order valence-electron chi connectivity index (χ1n) is 5.74. The normalized spacial score (nSPS) is 11.7. The van der Waals surface area contributed by atoms with Crippen molar-refractivity contribution in [3.8, 4) is 0 Å². The van der Waals surface area contributed by atoms with Crippen molar-refractivity contribution in [3.05, 3.63) is 34.4 Å². The van der Waals surface area contributed by atoms with Crippen LogP contribution in [-0.4, -0.2) is 28.9 Å². The number of carbonyl (C=O) groups is 1. The Morgan fingerprint density at radius 3 is 2.78 bits per heavy atom. The maximum absolute atomic E-state index is 11.8. The molecule has 1 aromatic carbocycles. The van der Waals surface area contributed by atoms with E-state index in [1.54, 1.807) is 18.0 Å². The molecule has 0 aliphatic rings. The zero-order chi connectivity index (χ0) is 13.7. The van der Waals surface area contributed by atoms with Gasteiger partial charge in [-0.05, 0) is 19.4 Å². The first kappa shape index (κ1) is 14.0. The minimum atomic E-state index is -0.492. The van der Waals surface area contributed by atoms with Gasteiger partial charge in [0, 0.05) is 30.9 Å². The van der Waals surface area contributed by atoms with Crippen molar-refractivity contribution in [2.75, 3.05) is 12.4 Å². The standard InChI is InChI=1S/C12H17N3O3/c1-4-9(2)14(3)12(16)13-10-6-5-7-11(8-10)15(17)18/h5-9H,4H2,1-3H3,(H,13,16). The summed E-state index contributed by atoms with van der Waals surface area (Å²) in [5.41, 5.74) is 0.378. The molecule has 1 rings (SSSR count). The Morgan fingerprint density at radius 2 is 2.22 bits per heavy atom. The van der Waals surface area contributed by atoms with Crippen molar-refractivity contribution in [1.82, 2.24) is 4.90 Å². The van der Waals surface area contributed by atoms with Crippen LogP contribution in [0.4, 0.5) is 16.2 Å². The second-order valence-corrected chi connectivity index (χ2v) is 4.11. The number of carbonyl (C=O) groups excluding carboxylic acids is 1. The van der Waals surface area contributed by atoms with Crippen LogP contribution in [0, 0.1) is 10.1 Å². The fourth-order valence-corrected chi connectivity index (χ4v) is 1.38. The van der Waals surface area contributed by atoms with E-state index in [0.717, 1.165) is 6.42 Å². The van der Waals surface area contributed by atoms with E-state index in [9.17, 15) is 14.9 Å². The summed E-state index contributed by atoms with van der Waals surface area (Å²) in [5.74, 6) is 0. The number of non-ortho nitro benzene ring substituents is 1. The molecule has 1 atom stereocenters. The number of amides is 2. The number of nitro benzene ring substituents is 1. The molecule has 6 nitrogen and oxygen atoms in total. The number of anilines is 1. The summed E-state index contributed by atoms with van der Waals surface area (Å²) >= 11 is 0. The SMILES string of the molecule is CCC(C)N(C)C(=O)Nc1cccc([N+](=O)[O-])c1. The maximum Gasteiger partial charge on any atom is 0.321 e. The molecule has 6 heteroatoms. The largest absolute Gasteiger partial charge is 0.325 e. The highest BCUT2D eigenvalue weighted by Crippen LogP contribution is 2.17. The summed E-state index contributed by atoms with van der Waals surface area (Å²) in [6.45, 7) is 3.93. The Kier molecular flexibility index (Phi) is 4.65. The number of nitro groups is 1. The third-order valence-electron chi connectivity index (χ3n) is 2.88. The van der Waals surface area contributed by atoms with Crippen LogP contribution < -0.4 is 5.32 Å². The van der Waals surface area contributed by atoms with Gasteiger partial charge in [-0.1, -0.05) is 13.0 Å². The number of urea groups is 1. The molecular formula is C12H17N3O3. The topological polar surface area (TPSA) is 75.5 Å². The minimum Gasteiger partial charge on any atom is -0.325 e. The molecule has 2 amide bonds. The molecule has 1 N–H and O–H groups in total. The number of nitrogens with one attached hydrogen (secondary N) is 1. The van der Waals surface area contributed by atoms with E-state index in [2.05, 4.69) is 5.32 Å². The lowest BCUT2D eigenvalue weighted by molar-refractivity contribution is -0.384. The van der Waals surface area contributed by atoms with Crippen LogP contribution in [0.15, 0.2) is 24.3 Å². The number of nitrogens with zero attached hydrogens (tertiary/aromatic N) is 2. The Morgan fingerprint density at radius 1 is 1.56 bits per heavy atom. The summed E-state index contributed by atoms with van der Waals surface area (Å²) in [6, 6.07) is 5.72. The van der Waals surface area contributed by atoms with Crippen molar-refractivity contribution >= 4 is 17.4 Å². The van der Waals surface area contributed by atoms with E-state index < -0.39 is 4.92 Å². The van der Waals surface area contributed by atoms with Crippen LogP contribution in [-0.2, 0) is 0 Å². The van der Waals surface area contributed by atoms with Gasteiger partial charge in [-0.2, -0.15) is 0 Å². The lowest BCUT2D eigenvalue weighted by Gasteiger charge is -2.24. The van der Waals surface area contributed by atoms with Crippen LogP contribution in [0.3, 0.4) is 0 Å². The summed E-state index contributed by atoms with van der Waals surface area (Å²) in [4.78, 5) is 23.5. The first-order valence-corrected chi connectivity index (χ1v) is 5.74. The second kappa shape index (κ2) is 6.00. The molecule has 1 unspecified atom stereocenters. The zero-order valence-electron chi connectivity index (χ0n) is 10.7. The predicted molar refractivity (Wildman–Crippen MR) is 69.6 cm³/mol. The van der Waals surface area contributed by atoms with Gasteiger partial charge in [0.2, 0.25) is 0 Å². The van der Waals surface area contributed by atoms with Gasteiger partial charge in [0.15, 0.2) is 0 Å². The van der Waals surface area contributed by atoms with Crippen LogP contribution in [0.5, 0.6) is 0 Å². The third kappa shape index (κ3) is 3.44. The molecule has 0 saturated heterocycles. The van der Waals surface area contributed by atoms with Gasteiger partial charge in [-0.25, -0.2) is 4.79 Å². The van der Waals surface area contributed by atoms with E-state index in [1.807, 2.05) is 13.8 Å². The third-order valence-corrected chi connectivity index (χ3v) is 2.88. The number of rotatable bonds is 4. The number of hydrogen-bond acceptors (Lipinski definition) is 3. The average molecular weight is 251 g/mol. The van der Waals surface area contributed by atoms with Gasteiger partial charge in [-0.3, -0.25) is 10.1 Å². The Labute approximate surface area is 106 Å². The van der Waals surface area contributed by atoms with Gasteiger partial charge in [-0.15, -0.1) is 0 Å². The molecule has 0 fully saturated rings. The Balaban J connectivity index is 2.76. The summed E-state index contributed by atoms with van der Waals surface area (Å²) in [5, 5.41) is 13.2. The number of hydrogen-bond donors (Lipinski definition) is 1. The molecule has 0 heterocycles. The fourth-order valence-electron chi connectivity index (χ4n) is 1.38. The molecule has 0 bridgehead atoms. The predicted octanol–water partition coefficient (Wildman–Crippen LogP) is 2.86. The molecule has 0 saturated carbocycles. The van der Waals surface area contributed by atoms with E-state index in [0.29, 0.717) is 5.69 Å². The maximum atomic E-state index is 11.8. The Hall–Kier alpha value is -2.11. The quantitative estimate of drug-likeness (QED) is 0.660. The van der Waals surface area contributed by atoms with Gasteiger partial charge in [0.1, 0.15) is 0 Å². The van der Waals surface area contributed by atoms with Crippen molar-refractivity contribution < 1.29 is 9.72 Å². The molecule has 0 spiro atoms. The lowest BCUT2D eigenvalue weighted by Crippen LogP contribution is -2.37. The van der Waals surface area contributed by atoms with Gasteiger partial charge in [0.05, 0.1) is 4.92 Å². The average Bonchev–Trinajstić information content (AvgIpc) is 2.37. The molecule has 1 aromatic rings. The van der Waals surface area contributed by atoms with Gasteiger partial charge in [0.25, 0.3) is 5.69 Å². The summed E-state index contributed by atoms with van der Waals surface area (Å²) in [6.07, 6.45) is 0.846. The molecule has 0 radical (unpaired) electrons. The second-order valence-electron chi connectivity index (χ2n) is 4.11. The summed E-state index contributed by atoms with van der Waals surface area (Å²) in [7, 11) is 1.70. The summed E-state index contributed by atoms with van der Waals surface area (Å²) < 4.78 is 0. The molecule has 98 valence electrons. The van der Waals surface area contributed by atoms with Crippen LogP contribution in [0.25, 0.3) is 0 Å². The smallest absolute Gasteiger partial charge is 0.321 e.